The smallest absolute Gasteiger partial charge is 0.408 e. The van der Waals surface area contributed by atoms with Crippen molar-refractivity contribution in [1.82, 2.24) is 15.5 Å². The first-order chi connectivity index (χ1) is 18.4. The number of carbonyl (C=O) groups excluding carboxylic acids is 3. The molecule has 2 unspecified atom stereocenters. The van der Waals surface area contributed by atoms with Gasteiger partial charge in [-0.25, -0.2) is 4.79 Å². The van der Waals surface area contributed by atoms with Crippen molar-refractivity contribution in [3.63, 3.8) is 0 Å². The molecule has 2 aromatic rings. The third-order valence-electron chi connectivity index (χ3n) is 6.64. The van der Waals surface area contributed by atoms with Crippen molar-refractivity contribution < 1.29 is 24.2 Å². The Balaban J connectivity index is 2.01. The molecule has 0 radical (unpaired) electrons. The number of carbonyl (C=O) groups is 3. The van der Waals surface area contributed by atoms with Crippen LogP contribution in [0.4, 0.5) is 4.79 Å². The normalized spacial score (nSPS) is 14.7. The highest BCUT2D eigenvalue weighted by atomic mass is 16.6. The minimum absolute atomic E-state index is 0.108. The van der Waals surface area contributed by atoms with Crippen LogP contribution in [0.2, 0.25) is 0 Å². The van der Waals surface area contributed by atoms with Crippen molar-refractivity contribution in [2.45, 2.75) is 97.4 Å². The maximum absolute atomic E-state index is 14.4. The lowest BCUT2D eigenvalue weighted by Gasteiger charge is -2.35. The highest BCUT2D eigenvalue weighted by molar-refractivity contribution is 5.93. The van der Waals surface area contributed by atoms with Gasteiger partial charge in [0.05, 0.1) is 0 Å². The van der Waals surface area contributed by atoms with Crippen LogP contribution in [-0.2, 0) is 20.7 Å². The van der Waals surface area contributed by atoms with E-state index in [-0.39, 0.29) is 30.0 Å². The zero-order valence-electron chi connectivity index (χ0n) is 24.0. The molecular formula is C31H43N3O5. The molecule has 2 atom stereocenters. The number of ether oxygens (including phenoxy) is 1. The van der Waals surface area contributed by atoms with Gasteiger partial charge in [-0.3, -0.25) is 9.59 Å². The molecule has 0 spiro atoms. The number of phenolic OH excluding ortho intramolecular Hbond substituents is 1. The monoisotopic (exact) mass is 537 g/mol. The van der Waals surface area contributed by atoms with Crippen LogP contribution >= 0.6 is 0 Å². The summed E-state index contributed by atoms with van der Waals surface area (Å²) in [5, 5.41) is 15.5. The average Bonchev–Trinajstić information content (AvgIpc) is 3.68. The van der Waals surface area contributed by atoms with Gasteiger partial charge in [-0.1, -0.05) is 49.2 Å². The zero-order valence-corrected chi connectivity index (χ0v) is 24.0. The maximum atomic E-state index is 14.4. The summed E-state index contributed by atoms with van der Waals surface area (Å²) in [6, 6.07) is 10.5. The zero-order chi connectivity index (χ0) is 28.7. The maximum Gasteiger partial charge on any atom is 0.408 e. The Kier molecular flexibility index (Phi) is 10.0. The fraction of sp³-hybridized carbons (Fsp3) is 0.516. The van der Waals surface area contributed by atoms with E-state index in [2.05, 4.69) is 17.6 Å². The lowest BCUT2D eigenvalue weighted by Crippen LogP contribution is -2.54. The molecule has 8 nitrogen and oxygen atoms in total. The van der Waals surface area contributed by atoms with Gasteiger partial charge in [0.1, 0.15) is 23.4 Å². The van der Waals surface area contributed by atoms with E-state index >= 15 is 0 Å². The standard InChI is InChI=1S/C31H43N3O5/c1-7-8-17-32-28(36)27(25-16-9-20(2)18-21(25)3)34(23-12-13-23)29(37)26(33-30(38)39-31(4,5)6)19-22-10-14-24(35)15-11-22/h9-11,14-16,18,23,26-27,35H,7-8,12-13,17,19H2,1-6H3,(H,32,36)(H,33,38). The Hall–Kier alpha value is -3.55. The highest BCUT2D eigenvalue weighted by Crippen LogP contribution is 2.37. The fourth-order valence-electron chi connectivity index (χ4n) is 4.60. The molecule has 8 heteroatoms. The van der Waals surface area contributed by atoms with Crippen LogP contribution in [-0.4, -0.2) is 52.1 Å². The molecule has 1 aliphatic rings. The summed E-state index contributed by atoms with van der Waals surface area (Å²) in [7, 11) is 0. The third-order valence-corrected chi connectivity index (χ3v) is 6.64. The Morgan fingerprint density at radius 3 is 2.31 bits per heavy atom. The molecule has 1 fully saturated rings. The summed E-state index contributed by atoms with van der Waals surface area (Å²) in [6.07, 6.45) is 2.83. The van der Waals surface area contributed by atoms with Crippen LogP contribution in [0.5, 0.6) is 5.75 Å². The van der Waals surface area contributed by atoms with E-state index in [0.717, 1.165) is 47.9 Å². The van der Waals surface area contributed by atoms with Gasteiger partial charge in [0, 0.05) is 19.0 Å². The van der Waals surface area contributed by atoms with Crippen LogP contribution in [0.15, 0.2) is 42.5 Å². The topological polar surface area (TPSA) is 108 Å². The van der Waals surface area contributed by atoms with Crippen LogP contribution in [0.3, 0.4) is 0 Å². The first-order valence-corrected chi connectivity index (χ1v) is 13.8. The Morgan fingerprint density at radius 2 is 1.74 bits per heavy atom. The lowest BCUT2D eigenvalue weighted by atomic mass is 9.95. The van der Waals surface area contributed by atoms with Gasteiger partial charge in [0.15, 0.2) is 0 Å². The van der Waals surface area contributed by atoms with E-state index in [1.807, 2.05) is 32.0 Å². The molecule has 0 heterocycles. The quantitative estimate of drug-likeness (QED) is 0.346. The van der Waals surface area contributed by atoms with Gasteiger partial charge in [0.2, 0.25) is 11.8 Å². The van der Waals surface area contributed by atoms with Crippen molar-refractivity contribution >= 4 is 17.9 Å². The molecule has 0 bridgehead atoms. The molecule has 212 valence electrons. The Morgan fingerprint density at radius 1 is 1.08 bits per heavy atom. The molecule has 3 amide bonds. The number of benzene rings is 2. The predicted molar refractivity (Wildman–Crippen MR) is 151 cm³/mol. The first-order valence-electron chi connectivity index (χ1n) is 13.8. The summed E-state index contributed by atoms with van der Waals surface area (Å²) < 4.78 is 5.48. The van der Waals surface area contributed by atoms with Gasteiger partial charge < -0.3 is 25.4 Å². The van der Waals surface area contributed by atoms with Crippen molar-refractivity contribution in [2.24, 2.45) is 0 Å². The van der Waals surface area contributed by atoms with Gasteiger partial charge in [-0.2, -0.15) is 0 Å². The van der Waals surface area contributed by atoms with Crippen molar-refractivity contribution in [3.05, 3.63) is 64.7 Å². The average molecular weight is 538 g/mol. The van der Waals surface area contributed by atoms with Gasteiger partial charge in [-0.15, -0.1) is 0 Å². The Bertz CT molecular complexity index is 1150. The molecule has 1 saturated carbocycles. The number of alkyl carbamates (subject to hydrolysis) is 1. The first kappa shape index (κ1) is 30.0. The fourth-order valence-corrected chi connectivity index (χ4v) is 4.60. The SMILES string of the molecule is CCCCNC(=O)C(c1ccc(C)cc1C)N(C(=O)C(Cc1ccc(O)cc1)NC(=O)OC(C)(C)C)C1CC1. The van der Waals surface area contributed by atoms with Gasteiger partial charge in [0.25, 0.3) is 0 Å². The van der Waals surface area contributed by atoms with Crippen molar-refractivity contribution in [3.8, 4) is 5.75 Å². The molecule has 2 aromatic carbocycles. The number of amides is 3. The summed E-state index contributed by atoms with van der Waals surface area (Å²) in [5.74, 6) is -0.455. The van der Waals surface area contributed by atoms with E-state index in [9.17, 15) is 19.5 Å². The van der Waals surface area contributed by atoms with Crippen molar-refractivity contribution in [2.75, 3.05) is 6.54 Å². The lowest BCUT2D eigenvalue weighted by molar-refractivity contribution is -0.143. The number of nitrogens with one attached hydrogen (secondary N) is 2. The van der Waals surface area contributed by atoms with Gasteiger partial charge in [-0.05, 0) is 82.7 Å². The van der Waals surface area contributed by atoms with E-state index in [0.29, 0.717) is 6.54 Å². The largest absolute Gasteiger partial charge is 0.508 e. The number of aryl methyl sites for hydroxylation is 2. The van der Waals surface area contributed by atoms with Gasteiger partial charge >= 0.3 is 6.09 Å². The van der Waals surface area contributed by atoms with Crippen molar-refractivity contribution in [1.29, 1.82) is 0 Å². The molecule has 1 aliphatic carbocycles. The summed E-state index contributed by atoms with van der Waals surface area (Å²) in [5.41, 5.74) is 2.79. The molecule has 3 N–H and O–H groups in total. The predicted octanol–water partition coefficient (Wildman–Crippen LogP) is 5.09. The molecular weight excluding hydrogens is 494 g/mol. The second kappa shape index (κ2) is 13.0. The number of hydrogen-bond donors (Lipinski definition) is 3. The summed E-state index contributed by atoms with van der Waals surface area (Å²) >= 11 is 0. The third kappa shape index (κ3) is 8.73. The van der Waals surface area contributed by atoms with E-state index in [1.165, 1.54) is 0 Å². The molecule has 39 heavy (non-hydrogen) atoms. The van der Waals surface area contributed by atoms with Crippen LogP contribution in [0.25, 0.3) is 0 Å². The molecule has 3 rings (SSSR count). The van der Waals surface area contributed by atoms with Crippen LogP contribution < -0.4 is 10.6 Å². The van der Waals surface area contributed by atoms with E-state index < -0.39 is 23.8 Å². The number of phenols is 1. The number of hydrogen-bond acceptors (Lipinski definition) is 5. The minimum Gasteiger partial charge on any atom is -0.508 e. The Labute approximate surface area is 232 Å². The second-order valence-corrected chi connectivity index (χ2v) is 11.5. The molecule has 0 saturated heterocycles. The second-order valence-electron chi connectivity index (χ2n) is 11.5. The molecule has 0 aliphatic heterocycles. The number of nitrogens with zero attached hydrogens (tertiary/aromatic N) is 1. The highest BCUT2D eigenvalue weighted by Gasteiger charge is 2.44. The minimum atomic E-state index is -0.971. The molecule has 0 aromatic heterocycles. The van der Waals surface area contributed by atoms with Crippen LogP contribution in [0.1, 0.15) is 81.7 Å². The summed E-state index contributed by atoms with van der Waals surface area (Å²) in [4.78, 5) is 42.6. The summed E-state index contributed by atoms with van der Waals surface area (Å²) in [6.45, 7) is 11.8. The number of rotatable bonds is 11. The van der Waals surface area contributed by atoms with Crippen LogP contribution in [0, 0.1) is 13.8 Å². The van der Waals surface area contributed by atoms with E-state index in [4.69, 9.17) is 4.74 Å². The number of unbranched alkanes of at least 4 members (excludes halogenated alkanes) is 1. The number of aromatic hydroxyl groups is 1. The van der Waals surface area contributed by atoms with E-state index in [1.54, 1.807) is 49.9 Å².